The van der Waals surface area contributed by atoms with Crippen LogP contribution in [0.5, 0.6) is 0 Å². The first kappa shape index (κ1) is 14.8. The van der Waals surface area contributed by atoms with E-state index in [0.717, 1.165) is 41.5 Å². The van der Waals surface area contributed by atoms with Crippen molar-refractivity contribution in [1.82, 2.24) is 15.3 Å². The molecule has 2 aromatic heterocycles. The Morgan fingerprint density at radius 2 is 1.91 bits per heavy atom. The van der Waals surface area contributed by atoms with Gasteiger partial charge in [0.25, 0.3) is 0 Å². The van der Waals surface area contributed by atoms with Crippen LogP contribution in [0, 0.1) is 5.82 Å². The molecule has 0 aliphatic carbocycles. The monoisotopic (exact) mass is 313 g/mol. The number of hydrogen-bond donors (Lipinski definition) is 1. The average Bonchev–Trinajstić information content (AvgIpc) is 3.02. The van der Waals surface area contributed by atoms with Gasteiger partial charge < -0.3 is 5.32 Å². The number of hydrogen-bond acceptors (Lipinski definition) is 4. The summed E-state index contributed by atoms with van der Waals surface area (Å²) in [5.41, 5.74) is 3.04. The molecule has 112 valence electrons. The fourth-order valence-corrected chi connectivity index (χ4v) is 2.92. The second-order valence-corrected chi connectivity index (χ2v) is 5.76. The van der Waals surface area contributed by atoms with Crippen LogP contribution in [0.4, 0.5) is 4.39 Å². The third-order valence-electron chi connectivity index (χ3n) is 3.23. The van der Waals surface area contributed by atoms with E-state index in [1.54, 1.807) is 23.5 Å². The SMILES string of the molecule is Fc1ccc(-c2nc(CNCCc3ccccn3)cs2)cc1. The molecule has 0 saturated carbocycles. The predicted molar refractivity (Wildman–Crippen MR) is 87.2 cm³/mol. The van der Waals surface area contributed by atoms with Crippen LogP contribution in [-0.4, -0.2) is 16.5 Å². The van der Waals surface area contributed by atoms with Crippen molar-refractivity contribution in [1.29, 1.82) is 0 Å². The highest BCUT2D eigenvalue weighted by Gasteiger charge is 2.04. The van der Waals surface area contributed by atoms with Gasteiger partial charge >= 0.3 is 0 Å². The van der Waals surface area contributed by atoms with Crippen molar-refractivity contribution >= 4 is 11.3 Å². The average molecular weight is 313 g/mol. The first-order chi connectivity index (χ1) is 10.8. The molecule has 2 heterocycles. The normalized spacial score (nSPS) is 10.8. The Morgan fingerprint density at radius 1 is 1.05 bits per heavy atom. The lowest BCUT2D eigenvalue weighted by atomic mass is 10.2. The van der Waals surface area contributed by atoms with E-state index in [2.05, 4.69) is 15.3 Å². The van der Waals surface area contributed by atoms with E-state index >= 15 is 0 Å². The number of thiazole rings is 1. The van der Waals surface area contributed by atoms with Crippen molar-refractivity contribution in [2.75, 3.05) is 6.54 Å². The highest BCUT2D eigenvalue weighted by molar-refractivity contribution is 7.13. The van der Waals surface area contributed by atoms with Crippen molar-refractivity contribution in [3.63, 3.8) is 0 Å². The molecule has 0 aliphatic rings. The van der Waals surface area contributed by atoms with Gasteiger partial charge in [-0.25, -0.2) is 9.37 Å². The first-order valence-electron chi connectivity index (χ1n) is 7.12. The lowest BCUT2D eigenvalue weighted by Crippen LogP contribution is -2.17. The van der Waals surface area contributed by atoms with Gasteiger partial charge in [0.2, 0.25) is 0 Å². The molecule has 0 saturated heterocycles. The quantitative estimate of drug-likeness (QED) is 0.706. The summed E-state index contributed by atoms with van der Waals surface area (Å²) in [7, 11) is 0. The van der Waals surface area contributed by atoms with Gasteiger partial charge in [-0.05, 0) is 36.4 Å². The Balaban J connectivity index is 1.50. The van der Waals surface area contributed by atoms with E-state index in [1.807, 2.05) is 29.8 Å². The Morgan fingerprint density at radius 3 is 2.68 bits per heavy atom. The number of nitrogens with zero attached hydrogens (tertiary/aromatic N) is 2. The Kier molecular flexibility index (Phi) is 4.88. The molecule has 1 N–H and O–H groups in total. The number of benzene rings is 1. The second-order valence-electron chi connectivity index (χ2n) is 4.90. The number of nitrogens with one attached hydrogen (secondary N) is 1. The van der Waals surface area contributed by atoms with Crippen LogP contribution in [-0.2, 0) is 13.0 Å². The summed E-state index contributed by atoms with van der Waals surface area (Å²) >= 11 is 1.58. The lowest BCUT2D eigenvalue weighted by Gasteiger charge is -2.02. The molecule has 0 radical (unpaired) electrons. The van der Waals surface area contributed by atoms with Crippen molar-refractivity contribution in [2.45, 2.75) is 13.0 Å². The van der Waals surface area contributed by atoms with Gasteiger partial charge in [0.15, 0.2) is 0 Å². The fraction of sp³-hybridized carbons (Fsp3) is 0.176. The molecular formula is C17H16FN3S. The summed E-state index contributed by atoms with van der Waals surface area (Å²) in [6, 6.07) is 12.4. The van der Waals surface area contributed by atoms with Gasteiger partial charge in [-0.1, -0.05) is 6.07 Å². The van der Waals surface area contributed by atoms with Crippen molar-refractivity contribution in [2.24, 2.45) is 0 Å². The second kappa shape index (κ2) is 7.24. The lowest BCUT2D eigenvalue weighted by molar-refractivity contribution is 0.628. The van der Waals surface area contributed by atoms with Gasteiger partial charge in [0.05, 0.1) is 5.69 Å². The Hall–Kier alpha value is -2.11. The zero-order chi connectivity index (χ0) is 15.2. The van der Waals surface area contributed by atoms with Crippen molar-refractivity contribution in [3.05, 3.63) is 71.2 Å². The molecule has 22 heavy (non-hydrogen) atoms. The largest absolute Gasteiger partial charge is 0.311 e. The summed E-state index contributed by atoms with van der Waals surface area (Å²) < 4.78 is 12.9. The smallest absolute Gasteiger partial charge is 0.123 e. The summed E-state index contributed by atoms with van der Waals surface area (Å²) in [4.78, 5) is 8.86. The van der Waals surface area contributed by atoms with Gasteiger partial charge in [-0.15, -0.1) is 11.3 Å². The van der Waals surface area contributed by atoms with Gasteiger partial charge in [-0.2, -0.15) is 0 Å². The van der Waals surface area contributed by atoms with E-state index in [1.165, 1.54) is 12.1 Å². The summed E-state index contributed by atoms with van der Waals surface area (Å²) in [6.45, 7) is 1.59. The molecule has 0 atom stereocenters. The Bertz CT molecular complexity index is 710. The van der Waals surface area contributed by atoms with Crippen LogP contribution in [0.25, 0.3) is 10.6 Å². The topological polar surface area (TPSA) is 37.8 Å². The summed E-state index contributed by atoms with van der Waals surface area (Å²) in [5, 5.41) is 6.32. The van der Waals surface area contributed by atoms with Gasteiger partial charge in [0, 0.05) is 42.3 Å². The maximum Gasteiger partial charge on any atom is 0.123 e. The fourth-order valence-electron chi connectivity index (χ4n) is 2.09. The number of aromatic nitrogens is 2. The van der Waals surface area contributed by atoms with Crippen LogP contribution >= 0.6 is 11.3 Å². The maximum atomic E-state index is 12.9. The highest BCUT2D eigenvalue weighted by atomic mass is 32.1. The van der Waals surface area contributed by atoms with E-state index < -0.39 is 0 Å². The maximum absolute atomic E-state index is 12.9. The standard InChI is InChI=1S/C17H16FN3S/c18-14-6-4-13(5-7-14)17-21-16(12-22-17)11-19-10-8-15-3-1-2-9-20-15/h1-7,9,12,19H,8,10-11H2. The van der Waals surface area contributed by atoms with E-state index in [-0.39, 0.29) is 5.82 Å². The van der Waals surface area contributed by atoms with Gasteiger partial charge in [0.1, 0.15) is 10.8 Å². The zero-order valence-electron chi connectivity index (χ0n) is 12.0. The van der Waals surface area contributed by atoms with Crippen LogP contribution in [0.2, 0.25) is 0 Å². The summed E-state index contributed by atoms with van der Waals surface area (Å²) in [6.07, 6.45) is 2.71. The van der Waals surface area contributed by atoms with Crippen molar-refractivity contribution in [3.8, 4) is 10.6 Å². The minimum absolute atomic E-state index is 0.225. The van der Waals surface area contributed by atoms with E-state index in [9.17, 15) is 4.39 Å². The minimum atomic E-state index is -0.225. The molecule has 0 aliphatic heterocycles. The van der Waals surface area contributed by atoms with Crippen LogP contribution in [0.15, 0.2) is 54.0 Å². The zero-order valence-corrected chi connectivity index (χ0v) is 12.8. The molecular weight excluding hydrogens is 297 g/mol. The van der Waals surface area contributed by atoms with Crippen molar-refractivity contribution < 1.29 is 4.39 Å². The van der Waals surface area contributed by atoms with Gasteiger partial charge in [-0.3, -0.25) is 4.98 Å². The van der Waals surface area contributed by atoms with E-state index in [0.29, 0.717) is 0 Å². The first-order valence-corrected chi connectivity index (χ1v) is 8.00. The molecule has 3 nitrogen and oxygen atoms in total. The Labute approximate surface area is 132 Å². The molecule has 0 bridgehead atoms. The van der Waals surface area contributed by atoms with Crippen LogP contribution < -0.4 is 5.32 Å². The molecule has 3 rings (SSSR count). The van der Waals surface area contributed by atoms with Crippen LogP contribution in [0.3, 0.4) is 0 Å². The molecule has 0 unspecified atom stereocenters. The third kappa shape index (κ3) is 3.96. The minimum Gasteiger partial charge on any atom is -0.311 e. The van der Waals surface area contributed by atoms with E-state index in [4.69, 9.17) is 0 Å². The molecule has 3 aromatic rings. The molecule has 0 fully saturated rings. The number of rotatable bonds is 6. The third-order valence-corrected chi connectivity index (χ3v) is 4.17. The molecule has 5 heteroatoms. The number of pyridine rings is 1. The highest BCUT2D eigenvalue weighted by Crippen LogP contribution is 2.23. The summed E-state index contributed by atoms with van der Waals surface area (Å²) in [5.74, 6) is -0.225. The van der Waals surface area contributed by atoms with Crippen LogP contribution in [0.1, 0.15) is 11.4 Å². The molecule has 0 amide bonds. The number of halogens is 1. The molecule has 1 aromatic carbocycles. The molecule has 0 spiro atoms. The predicted octanol–water partition coefficient (Wildman–Crippen LogP) is 3.68.